The van der Waals surface area contributed by atoms with Crippen molar-refractivity contribution in [1.29, 1.82) is 0 Å². The van der Waals surface area contributed by atoms with Gasteiger partial charge in [-0.1, -0.05) is 48.2 Å². The van der Waals surface area contributed by atoms with E-state index in [0.29, 0.717) is 29.4 Å². The molecule has 210 valence electrons. The van der Waals surface area contributed by atoms with E-state index in [0.717, 1.165) is 47.9 Å². The van der Waals surface area contributed by atoms with Crippen LogP contribution in [0, 0.1) is 0 Å². The molecule has 3 heterocycles. The van der Waals surface area contributed by atoms with Gasteiger partial charge in [-0.2, -0.15) is 0 Å². The van der Waals surface area contributed by atoms with Gasteiger partial charge in [-0.25, -0.2) is 9.79 Å². The van der Waals surface area contributed by atoms with E-state index in [1.165, 1.54) is 11.8 Å². The normalized spacial score (nSPS) is 18.5. The second-order valence-corrected chi connectivity index (χ2v) is 11.1. The molecule has 3 aliphatic rings. The van der Waals surface area contributed by atoms with Gasteiger partial charge >= 0.3 is 5.97 Å². The van der Waals surface area contributed by atoms with Crippen LogP contribution in [-0.2, 0) is 20.9 Å². The van der Waals surface area contributed by atoms with Gasteiger partial charge in [-0.15, -0.1) is 0 Å². The summed E-state index contributed by atoms with van der Waals surface area (Å²) in [5, 5.41) is 2.70. The number of allylic oxidation sites excluding steroid dienone is 1. The Bertz CT molecular complexity index is 1360. The molecule has 5 rings (SSSR count). The SMILES string of the molecule is COc1cc([C@@H]2C(C(=O)OC(C)C)=C(C)N=C3SC=C(CC(=O)N4CCCC4)N32)ccc1OCc1ccccc1. The number of hydrogen-bond acceptors (Lipinski definition) is 8. The van der Waals surface area contributed by atoms with Gasteiger partial charge in [0.05, 0.1) is 36.9 Å². The summed E-state index contributed by atoms with van der Waals surface area (Å²) in [5.74, 6) is 0.815. The maximum Gasteiger partial charge on any atom is 0.338 e. The number of nitrogens with zero attached hydrogens (tertiary/aromatic N) is 3. The molecular formula is C31H35N3O5S. The Kier molecular flexibility index (Phi) is 8.49. The molecule has 40 heavy (non-hydrogen) atoms. The molecular weight excluding hydrogens is 526 g/mol. The van der Waals surface area contributed by atoms with Crippen molar-refractivity contribution >= 4 is 28.8 Å². The van der Waals surface area contributed by atoms with Crippen LogP contribution in [0.3, 0.4) is 0 Å². The first kappa shape index (κ1) is 27.8. The number of likely N-dealkylation sites (tertiary alicyclic amines) is 1. The highest BCUT2D eigenvalue weighted by Crippen LogP contribution is 2.46. The molecule has 0 radical (unpaired) electrons. The molecule has 1 saturated heterocycles. The molecule has 1 fully saturated rings. The maximum atomic E-state index is 13.5. The smallest absolute Gasteiger partial charge is 0.338 e. The lowest BCUT2D eigenvalue weighted by Crippen LogP contribution is -2.38. The zero-order valence-corrected chi connectivity index (χ0v) is 24.2. The molecule has 0 bridgehead atoms. The molecule has 0 N–H and O–H groups in total. The van der Waals surface area contributed by atoms with Crippen molar-refractivity contribution < 1.29 is 23.8 Å². The Morgan fingerprint density at radius 2 is 1.82 bits per heavy atom. The maximum absolute atomic E-state index is 13.5. The third-order valence-electron chi connectivity index (χ3n) is 7.10. The van der Waals surface area contributed by atoms with E-state index >= 15 is 0 Å². The first-order valence-corrected chi connectivity index (χ1v) is 14.5. The van der Waals surface area contributed by atoms with Gasteiger partial charge < -0.3 is 24.0 Å². The largest absolute Gasteiger partial charge is 0.493 e. The van der Waals surface area contributed by atoms with E-state index in [4.69, 9.17) is 19.2 Å². The van der Waals surface area contributed by atoms with Crippen molar-refractivity contribution in [3.05, 3.63) is 82.0 Å². The standard InChI is InChI=1S/C31H35N3O5S/c1-20(2)39-30(36)28-21(3)32-31-34(24(19-40-31)17-27(35)33-14-8-9-15-33)29(28)23-12-13-25(26(16-23)37-4)38-18-22-10-6-5-7-11-22/h5-7,10-13,16,19-20,29H,8-9,14-15,17-18H2,1-4H3/t29-/m1/s1. The number of carbonyl (C=O) groups is 2. The lowest BCUT2D eigenvalue weighted by atomic mass is 9.93. The molecule has 2 aromatic rings. The number of amidine groups is 1. The first-order valence-electron chi connectivity index (χ1n) is 13.6. The fraction of sp³-hybridized carbons (Fsp3) is 0.387. The summed E-state index contributed by atoms with van der Waals surface area (Å²) in [6, 6.07) is 15.1. The third-order valence-corrected chi connectivity index (χ3v) is 7.98. The molecule has 0 aromatic heterocycles. The fourth-order valence-corrected chi connectivity index (χ4v) is 6.13. The quantitative estimate of drug-likeness (QED) is 0.357. The van der Waals surface area contributed by atoms with Crippen molar-refractivity contribution in [2.24, 2.45) is 4.99 Å². The third kappa shape index (κ3) is 5.89. The number of esters is 1. The lowest BCUT2D eigenvalue weighted by Gasteiger charge is -2.37. The Labute approximate surface area is 239 Å². The van der Waals surface area contributed by atoms with E-state index in [1.807, 2.05) is 84.5 Å². The molecule has 0 spiro atoms. The van der Waals surface area contributed by atoms with Crippen molar-refractivity contribution in [2.45, 2.75) is 58.8 Å². The van der Waals surface area contributed by atoms with Crippen molar-refractivity contribution in [2.75, 3.05) is 20.2 Å². The van der Waals surface area contributed by atoms with Crippen LogP contribution < -0.4 is 9.47 Å². The van der Waals surface area contributed by atoms with E-state index in [9.17, 15) is 9.59 Å². The Balaban J connectivity index is 1.49. The predicted molar refractivity (Wildman–Crippen MR) is 156 cm³/mol. The second kappa shape index (κ2) is 12.2. The predicted octanol–water partition coefficient (Wildman–Crippen LogP) is 5.81. The average molecular weight is 562 g/mol. The number of amides is 1. The van der Waals surface area contributed by atoms with Crippen LogP contribution in [0.15, 0.2) is 75.9 Å². The molecule has 9 heteroatoms. The fourth-order valence-electron chi connectivity index (χ4n) is 5.17. The molecule has 8 nitrogen and oxygen atoms in total. The molecule has 0 unspecified atom stereocenters. The highest BCUT2D eigenvalue weighted by Gasteiger charge is 2.42. The summed E-state index contributed by atoms with van der Waals surface area (Å²) in [7, 11) is 1.60. The minimum Gasteiger partial charge on any atom is -0.493 e. The zero-order chi connectivity index (χ0) is 28.2. The van der Waals surface area contributed by atoms with Gasteiger partial charge in [-0.05, 0) is 62.3 Å². The number of ether oxygens (including phenoxy) is 3. The number of carbonyl (C=O) groups excluding carboxylic acids is 2. The second-order valence-electron chi connectivity index (χ2n) is 10.3. The Morgan fingerprint density at radius 1 is 1.07 bits per heavy atom. The van der Waals surface area contributed by atoms with Crippen molar-refractivity contribution in [1.82, 2.24) is 9.80 Å². The first-order chi connectivity index (χ1) is 19.4. The summed E-state index contributed by atoms with van der Waals surface area (Å²) >= 11 is 1.47. The molecule has 1 atom stereocenters. The molecule has 0 saturated carbocycles. The van der Waals surface area contributed by atoms with Crippen LogP contribution in [0.2, 0.25) is 0 Å². The molecule has 3 aliphatic heterocycles. The van der Waals surface area contributed by atoms with E-state index in [1.54, 1.807) is 7.11 Å². The number of fused-ring (bicyclic) bond motifs is 1. The number of methoxy groups -OCH3 is 1. The van der Waals surface area contributed by atoms with Crippen LogP contribution >= 0.6 is 11.8 Å². The van der Waals surface area contributed by atoms with E-state index < -0.39 is 12.0 Å². The van der Waals surface area contributed by atoms with Gasteiger partial charge in [-0.3, -0.25) is 4.79 Å². The van der Waals surface area contributed by atoms with Gasteiger partial charge in [0.2, 0.25) is 5.91 Å². The van der Waals surface area contributed by atoms with Gasteiger partial charge in [0, 0.05) is 18.8 Å². The van der Waals surface area contributed by atoms with Gasteiger partial charge in [0.15, 0.2) is 16.7 Å². The number of aliphatic imine (C=N–C) groups is 1. The topological polar surface area (TPSA) is 80.7 Å². The average Bonchev–Trinajstić information content (AvgIpc) is 3.62. The Morgan fingerprint density at radius 3 is 2.52 bits per heavy atom. The minimum absolute atomic E-state index is 0.0872. The van der Waals surface area contributed by atoms with Crippen molar-refractivity contribution in [3.63, 3.8) is 0 Å². The van der Waals surface area contributed by atoms with Crippen LogP contribution in [0.4, 0.5) is 0 Å². The summed E-state index contributed by atoms with van der Waals surface area (Å²) in [4.78, 5) is 35.3. The molecule has 1 amide bonds. The summed E-state index contributed by atoms with van der Waals surface area (Å²) in [5.41, 5.74) is 3.72. The summed E-state index contributed by atoms with van der Waals surface area (Å²) < 4.78 is 17.5. The van der Waals surface area contributed by atoms with Crippen LogP contribution in [0.25, 0.3) is 0 Å². The van der Waals surface area contributed by atoms with Crippen LogP contribution in [0.5, 0.6) is 11.5 Å². The molecule has 0 aliphatic carbocycles. The number of hydrogen-bond donors (Lipinski definition) is 0. The van der Waals surface area contributed by atoms with Crippen LogP contribution in [0.1, 0.15) is 57.2 Å². The number of rotatable bonds is 9. The lowest BCUT2D eigenvalue weighted by molar-refractivity contribution is -0.143. The van der Waals surface area contributed by atoms with Gasteiger partial charge in [0.1, 0.15) is 6.61 Å². The highest BCUT2D eigenvalue weighted by molar-refractivity contribution is 8.16. The zero-order valence-electron chi connectivity index (χ0n) is 23.4. The van der Waals surface area contributed by atoms with E-state index in [-0.39, 0.29) is 18.4 Å². The van der Waals surface area contributed by atoms with E-state index in [2.05, 4.69) is 0 Å². The Hall–Kier alpha value is -3.72. The summed E-state index contributed by atoms with van der Waals surface area (Å²) in [6.07, 6.45) is 2.01. The van der Waals surface area contributed by atoms with Gasteiger partial charge in [0.25, 0.3) is 0 Å². The minimum atomic E-state index is -0.538. The van der Waals surface area contributed by atoms with Crippen molar-refractivity contribution in [3.8, 4) is 11.5 Å². The highest BCUT2D eigenvalue weighted by atomic mass is 32.2. The number of thioether (sulfide) groups is 1. The monoisotopic (exact) mass is 561 g/mol. The van der Waals surface area contributed by atoms with Crippen LogP contribution in [-0.4, -0.2) is 53.1 Å². The molecule has 2 aromatic carbocycles. The summed E-state index contributed by atoms with van der Waals surface area (Å²) in [6.45, 7) is 7.46. The number of benzene rings is 2.